The van der Waals surface area contributed by atoms with Gasteiger partial charge < -0.3 is 14.3 Å². The molecule has 1 heterocycles. The van der Waals surface area contributed by atoms with Gasteiger partial charge in [-0.1, -0.05) is 34.1 Å². The minimum atomic E-state index is 0.0596. The molecule has 0 aliphatic carbocycles. The molecule has 0 radical (unpaired) electrons. The third-order valence-corrected chi connectivity index (χ3v) is 4.89. The number of aromatic nitrogens is 1. The maximum absolute atomic E-state index is 10.4. The quantitative estimate of drug-likeness (QED) is 0.356. The number of aryl methyl sites for hydroxylation is 1. The van der Waals surface area contributed by atoms with Crippen LogP contribution in [0.25, 0.3) is 22.6 Å². The number of halogens is 1. The Hall–Kier alpha value is -3.12. The number of phenolic OH excluding ortho intramolecular Hbond substituents is 1. The summed E-state index contributed by atoms with van der Waals surface area (Å²) in [6.45, 7) is 4.34. The van der Waals surface area contributed by atoms with Crippen molar-refractivity contribution < 1.29 is 14.3 Å². The Kier molecular flexibility index (Phi) is 5.36. The Morgan fingerprint density at radius 1 is 1.17 bits per heavy atom. The van der Waals surface area contributed by atoms with Crippen molar-refractivity contribution in [3.05, 3.63) is 70.2 Å². The van der Waals surface area contributed by atoms with E-state index in [1.54, 1.807) is 18.3 Å². The molecule has 29 heavy (non-hydrogen) atoms. The summed E-state index contributed by atoms with van der Waals surface area (Å²) >= 11 is 3.43. The van der Waals surface area contributed by atoms with Crippen LogP contribution in [0.4, 0.5) is 5.69 Å². The predicted molar refractivity (Wildman–Crippen MR) is 118 cm³/mol. The molecule has 4 aromatic rings. The van der Waals surface area contributed by atoms with Crippen LogP contribution in [-0.2, 0) is 0 Å². The third kappa shape index (κ3) is 4.03. The highest BCUT2D eigenvalue weighted by Gasteiger charge is 2.11. The molecule has 1 aromatic heterocycles. The molecule has 5 nitrogen and oxygen atoms in total. The Bertz CT molecular complexity index is 1210. The first-order valence-electron chi connectivity index (χ1n) is 9.21. The largest absolute Gasteiger partial charge is 0.504 e. The van der Waals surface area contributed by atoms with Gasteiger partial charge in [0, 0.05) is 21.8 Å². The van der Waals surface area contributed by atoms with Gasteiger partial charge in [0.1, 0.15) is 5.52 Å². The molecule has 0 atom stereocenters. The van der Waals surface area contributed by atoms with Gasteiger partial charge in [0.05, 0.1) is 12.3 Å². The molecule has 0 spiro atoms. The molecule has 4 rings (SSSR count). The van der Waals surface area contributed by atoms with E-state index < -0.39 is 0 Å². The Morgan fingerprint density at radius 2 is 2.00 bits per heavy atom. The number of aliphatic imine (C=N–C) groups is 1. The second kappa shape index (κ2) is 8.09. The Labute approximate surface area is 176 Å². The summed E-state index contributed by atoms with van der Waals surface area (Å²) in [5.74, 6) is 1.03. The van der Waals surface area contributed by atoms with E-state index in [0.717, 1.165) is 32.4 Å². The molecule has 6 heteroatoms. The molecule has 146 valence electrons. The molecule has 0 aliphatic rings. The van der Waals surface area contributed by atoms with Crippen molar-refractivity contribution in [1.29, 1.82) is 0 Å². The summed E-state index contributed by atoms with van der Waals surface area (Å²) in [6, 6.07) is 17.0. The third-order valence-electron chi connectivity index (χ3n) is 4.44. The molecule has 3 aromatic carbocycles. The van der Waals surface area contributed by atoms with Crippen molar-refractivity contribution in [2.75, 3.05) is 6.61 Å². The van der Waals surface area contributed by atoms with E-state index in [1.807, 2.05) is 56.3 Å². The average molecular weight is 451 g/mol. The van der Waals surface area contributed by atoms with Crippen LogP contribution >= 0.6 is 15.9 Å². The molecule has 0 bridgehead atoms. The fourth-order valence-corrected chi connectivity index (χ4v) is 3.49. The Morgan fingerprint density at radius 3 is 2.79 bits per heavy atom. The van der Waals surface area contributed by atoms with Crippen LogP contribution in [0, 0.1) is 6.92 Å². The van der Waals surface area contributed by atoms with Crippen LogP contribution < -0.4 is 4.74 Å². The van der Waals surface area contributed by atoms with Gasteiger partial charge in [-0.15, -0.1) is 0 Å². The topological polar surface area (TPSA) is 67.9 Å². The normalized spacial score (nSPS) is 11.4. The van der Waals surface area contributed by atoms with Crippen molar-refractivity contribution >= 4 is 38.9 Å². The van der Waals surface area contributed by atoms with Crippen LogP contribution in [0.3, 0.4) is 0 Å². The molecule has 0 amide bonds. The standard InChI is InChI=1S/C23H19BrN2O3/c1-3-28-20-12-17(24)10-16(22(20)27)13-25-18-8-5-7-15(11-18)23-26-21-14(2)6-4-9-19(21)29-23/h4-13,27H,3H2,1-2H3. The minimum absolute atomic E-state index is 0.0596. The summed E-state index contributed by atoms with van der Waals surface area (Å²) in [5, 5.41) is 10.4. The second-order valence-electron chi connectivity index (χ2n) is 6.52. The summed E-state index contributed by atoms with van der Waals surface area (Å²) in [7, 11) is 0. The molecule has 0 unspecified atom stereocenters. The highest BCUT2D eigenvalue weighted by molar-refractivity contribution is 9.10. The van der Waals surface area contributed by atoms with Crippen LogP contribution in [-0.4, -0.2) is 22.9 Å². The van der Waals surface area contributed by atoms with Crippen molar-refractivity contribution in [2.45, 2.75) is 13.8 Å². The highest BCUT2D eigenvalue weighted by Crippen LogP contribution is 2.33. The highest BCUT2D eigenvalue weighted by atomic mass is 79.9. The average Bonchev–Trinajstić information content (AvgIpc) is 3.16. The zero-order valence-corrected chi connectivity index (χ0v) is 17.6. The monoisotopic (exact) mass is 450 g/mol. The number of phenols is 1. The number of ether oxygens (including phenoxy) is 1. The van der Waals surface area contributed by atoms with Gasteiger partial charge in [0.2, 0.25) is 5.89 Å². The van der Waals surface area contributed by atoms with Gasteiger partial charge in [-0.05, 0) is 55.8 Å². The lowest BCUT2D eigenvalue weighted by atomic mass is 10.2. The van der Waals surface area contributed by atoms with Crippen LogP contribution in [0.15, 0.2) is 68.5 Å². The van der Waals surface area contributed by atoms with Crippen molar-refractivity contribution in [3.63, 3.8) is 0 Å². The number of nitrogens with zero attached hydrogens (tertiary/aromatic N) is 2. The Balaban J connectivity index is 1.66. The fourth-order valence-electron chi connectivity index (χ4n) is 3.03. The van der Waals surface area contributed by atoms with E-state index in [1.165, 1.54) is 0 Å². The van der Waals surface area contributed by atoms with Gasteiger partial charge in [-0.25, -0.2) is 4.98 Å². The van der Waals surface area contributed by atoms with Gasteiger partial charge in [0.15, 0.2) is 17.1 Å². The molecule has 0 fully saturated rings. The second-order valence-corrected chi connectivity index (χ2v) is 7.44. The number of oxazole rings is 1. The molecule has 1 N–H and O–H groups in total. The van der Waals surface area contributed by atoms with E-state index in [0.29, 0.717) is 23.8 Å². The number of benzene rings is 3. The smallest absolute Gasteiger partial charge is 0.227 e. The van der Waals surface area contributed by atoms with E-state index in [9.17, 15) is 5.11 Å². The molecule has 0 saturated heterocycles. The molecular weight excluding hydrogens is 432 g/mol. The first-order valence-corrected chi connectivity index (χ1v) is 10.0. The van der Waals surface area contributed by atoms with E-state index in [4.69, 9.17) is 9.15 Å². The van der Waals surface area contributed by atoms with Crippen LogP contribution in [0.5, 0.6) is 11.5 Å². The predicted octanol–water partition coefficient (Wildman–Crippen LogP) is 6.42. The summed E-state index contributed by atoms with van der Waals surface area (Å²) in [6.07, 6.45) is 1.61. The number of hydrogen-bond acceptors (Lipinski definition) is 5. The number of hydrogen-bond donors (Lipinski definition) is 1. The fraction of sp³-hybridized carbons (Fsp3) is 0.130. The maximum Gasteiger partial charge on any atom is 0.227 e. The van der Waals surface area contributed by atoms with Crippen LogP contribution in [0.2, 0.25) is 0 Å². The van der Waals surface area contributed by atoms with Crippen molar-refractivity contribution in [2.24, 2.45) is 4.99 Å². The van der Waals surface area contributed by atoms with Gasteiger partial charge in [0.25, 0.3) is 0 Å². The van der Waals surface area contributed by atoms with Crippen molar-refractivity contribution in [3.8, 4) is 23.0 Å². The SMILES string of the molecule is CCOc1cc(Br)cc(C=Nc2cccc(-c3nc4c(C)cccc4o3)c2)c1O. The van der Waals surface area contributed by atoms with E-state index >= 15 is 0 Å². The lowest BCUT2D eigenvalue weighted by molar-refractivity contribution is 0.317. The van der Waals surface area contributed by atoms with E-state index in [2.05, 4.69) is 25.9 Å². The first kappa shape index (κ1) is 19.2. The lowest BCUT2D eigenvalue weighted by Gasteiger charge is -2.08. The number of para-hydroxylation sites is 1. The minimum Gasteiger partial charge on any atom is -0.504 e. The van der Waals surface area contributed by atoms with Gasteiger partial charge in [-0.3, -0.25) is 4.99 Å². The van der Waals surface area contributed by atoms with Gasteiger partial charge in [-0.2, -0.15) is 0 Å². The number of aromatic hydroxyl groups is 1. The summed E-state index contributed by atoms with van der Waals surface area (Å²) in [5.41, 5.74) is 4.81. The van der Waals surface area contributed by atoms with Crippen molar-refractivity contribution in [1.82, 2.24) is 4.98 Å². The molecule has 0 saturated carbocycles. The number of fused-ring (bicyclic) bond motifs is 1. The molecular formula is C23H19BrN2O3. The first-order chi connectivity index (χ1) is 14.0. The number of rotatable bonds is 5. The molecule has 0 aliphatic heterocycles. The zero-order valence-electron chi connectivity index (χ0n) is 16.0. The van der Waals surface area contributed by atoms with Gasteiger partial charge >= 0.3 is 0 Å². The lowest BCUT2D eigenvalue weighted by Crippen LogP contribution is -1.94. The van der Waals surface area contributed by atoms with Crippen LogP contribution in [0.1, 0.15) is 18.1 Å². The summed E-state index contributed by atoms with van der Waals surface area (Å²) < 4.78 is 12.2. The maximum atomic E-state index is 10.4. The summed E-state index contributed by atoms with van der Waals surface area (Å²) in [4.78, 5) is 9.12. The zero-order chi connectivity index (χ0) is 20.4. The van der Waals surface area contributed by atoms with E-state index in [-0.39, 0.29) is 5.75 Å².